The van der Waals surface area contributed by atoms with Crippen LogP contribution in [0.25, 0.3) is 0 Å². The number of rotatable bonds is 4. The second kappa shape index (κ2) is 5.51. The highest BCUT2D eigenvalue weighted by Gasteiger charge is 2.22. The average molecular weight is 284 g/mol. The van der Waals surface area contributed by atoms with Gasteiger partial charge in [-0.3, -0.25) is 4.79 Å². The van der Waals surface area contributed by atoms with Crippen LogP contribution >= 0.6 is 11.6 Å². The lowest BCUT2D eigenvalue weighted by Gasteiger charge is -2.25. The maximum atomic E-state index is 12.4. The molecule has 1 N–H and O–H groups in total. The van der Waals surface area contributed by atoms with Gasteiger partial charge in [-0.05, 0) is 25.2 Å². The van der Waals surface area contributed by atoms with Gasteiger partial charge in [-0.1, -0.05) is 18.0 Å². The summed E-state index contributed by atoms with van der Waals surface area (Å²) in [6, 6.07) is 0.171. The second-order valence-corrected chi connectivity index (χ2v) is 5.76. The Bertz CT molecular complexity index is 507. The summed E-state index contributed by atoms with van der Waals surface area (Å²) in [5, 5.41) is 7.72. The molecule has 0 radical (unpaired) electrons. The van der Waals surface area contributed by atoms with Crippen molar-refractivity contribution < 1.29 is 4.74 Å². The number of halogens is 1. The molecule has 19 heavy (non-hydrogen) atoms. The van der Waals surface area contributed by atoms with Gasteiger partial charge in [0, 0.05) is 13.2 Å². The van der Waals surface area contributed by atoms with Crippen LogP contribution in [-0.4, -0.2) is 29.0 Å². The highest BCUT2D eigenvalue weighted by Crippen LogP contribution is 2.27. The Hall–Kier alpha value is -1.07. The molecule has 2 aliphatic rings. The van der Waals surface area contributed by atoms with Crippen LogP contribution in [0, 0.1) is 5.92 Å². The number of anilines is 1. The fourth-order valence-electron chi connectivity index (χ4n) is 2.50. The van der Waals surface area contributed by atoms with Crippen molar-refractivity contribution in [2.45, 2.75) is 38.3 Å². The van der Waals surface area contributed by atoms with Crippen LogP contribution < -0.4 is 10.9 Å². The van der Waals surface area contributed by atoms with E-state index in [-0.39, 0.29) is 11.6 Å². The van der Waals surface area contributed by atoms with E-state index in [1.165, 1.54) is 23.9 Å². The molecule has 0 spiro atoms. The second-order valence-electron chi connectivity index (χ2n) is 5.36. The minimum Gasteiger partial charge on any atom is -0.379 e. The summed E-state index contributed by atoms with van der Waals surface area (Å²) >= 11 is 6.09. The van der Waals surface area contributed by atoms with E-state index < -0.39 is 0 Å². The normalized spacial score (nSPS) is 23.3. The molecule has 1 saturated heterocycles. The molecule has 104 valence electrons. The minimum absolute atomic E-state index is 0.119. The Kier molecular flexibility index (Phi) is 3.75. The lowest BCUT2D eigenvalue weighted by atomic mass is 9.85. The van der Waals surface area contributed by atoms with E-state index >= 15 is 0 Å². The van der Waals surface area contributed by atoms with Crippen LogP contribution in [0.4, 0.5) is 5.69 Å². The molecule has 1 aliphatic heterocycles. The van der Waals surface area contributed by atoms with E-state index in [9.17, 15) is 4.79 Å². The molecule has 0 bridgehead atoms. The SMILES string of the molecule is O=c1c(NC2CCOC2)c(Cl)cnn1CC1CCC1. The molecule has 0 amide bonds. The Morgan fingerprint density at radius 3 is 2.95 bits per heavy atom. The minimum atomic E-state index is -0.119. The number of nitrogens with one attached hydrogen (secondary N) is 1. The van der Waals surface area contributed by atoms with Crippen molar-refractivity contribution in [1.29, 1.82) is 0 Å². The smallest absolute Gasteiger partial charge is 0.291 e. The van der Waals surface area contributed by atoms with Crippen molar-refractivity contribution in [3.63, 3.8) is 0 Å². The molecular weight excluding hydrogens is 266 g/mol. The van der Waals surface area contributed by atoms with Crippen LogP contribution in [0.5, 0.6) is 0 Å². The zero-order valence-electron chi connectivity index (χ0n) is 10.8. The first-order valence-electron chi connectivity index (χ1n) is 6.84. The third kappa shape index (κ3) is 2.77. The van der Waals surface area contributed by atoms with Gasteiger partial charge in [0.05, 0.1) is 23.9 Å². The van der Waals surface area contributed by atoms with E-state index in [2.05, 4.69) is 10.4 Å². The highest BCUT2D eigenvalue weighted by atomic mass is 35.5. The fourth-order valence-corrected chi connectivity index (χ4v) is 2.68. The zero-order chi connectivity index (χ0) is 13.2. The molecule has 1 aromatic heterocycles. The number of hydrogen-bond acceptors (Lipinski definition) is 4. The summed E-state index contributed by atoms with van der Waals surface area (Å²) in [4.78, 5) is 12.4. The van der Waals surface area contributed by atoms with Gasteiger partial charge < -0.3 is 10.1 Å². The topological polar surface area (TPSA) is 56.1 Å². The molecule has 0 aromatic carbocycles. The number of hydrogen-bond donors (Lipinski definition) is 1. The quantitative estimate of drug-likeness (QED) is 0.917. The molecule has 1 aromatic rings. The zero-order valence-corrected chi connectivity index (χ0v) is 11.5. The summed E-state index contributed by atoms with van der Waals surface area (Å²) in [5.41, 5.74) is 0.345. The predicted octanol–water partition coefficient (Wildman–Crippen LogP) is 1.90. The molecule has 3 rings (SSSR count). The lowest BCUT2D eigenvalue weighted by molar-refractivity contribution is 0.195. The summed E-state index contributed by atoms with van der Waals surface area (Å²) in [6.07, 6.45) is 6.10. The van der Waals surface area contributed by atoms with E-state index in [1.54, 1.807) is 6.20 Å². The van der Waals surface area contributed by atoms with E-state index in [4.69, 9.17) is 16.3 Å². The highest BCUT2D eigenvalue weighted by molar-refractivity contribution is 6.33. The molecular formula is C13H18ClN3O2. The lowest BCUT2D eigenvalue weighted by Crippen LogP contribution is -2.33. The standard InChI is InChI=1S/C13H18ClN3O2/c14-11-6-15-17(7-9-2-1-3-9)13(18)12(11)16-10-4-5-19-8-10/h6,9-10,16H,1-5,7-8H2. The van der Waals surface area contributed by atoms with Gasteiger partial charge in [-0.15, -0.1) is 0 Å². The first-order valence-corrected chi connectivity index (χ1v) is 7.22. The fraction of sp³-hybridized carbons (Fsp3) is 0.692. The van der Waals surface area contributed by atoms with Crippen LogP contribution in [0.3, 0.4) is 0 Å². The third-order valence-electron chi connectivity index (χ3n) is 3.93. The molecule has 6 heteroatoms. The first-order chi connectivity index (χ1) is 9.24. The summed E-state index contributed by atoms with van der Waals surface area (Å²) in [7, 11) is 0. The van der Waals surface area contributed by atoms with Crippen molar-refractivity contribution in [2.24, 2.45) is 5.92 Å². The Balaban J connectivity index is 1.80. The van der Waals surface area contributed by atoms with Crippen LogP contribution in [0.15, 0.2) is 11.0 Å². The van der Waals surface area contributed by atoms with E-state index in [0.29, 0.717) is 29.8 Å². The Labute approximate surface area is 116 Å². The molecule has 1 unspecified atom stereocenters. The van der Waals surface area contributed by atoms with Crippen molar-refractivity contribution in [3.8, 4) is 0 Å². The van der Waals surface area contributed by atoms with E-state index in [0.717, 1.165) is 13.0 Å². The van der Waals surface area contributed by atoms with Gasteiger partial charge >= 0.3 is 0 Å². The third-order valence-corrected chi connectivity index (χ3v) is 4.22. The number of ether oxygens (including phenoxy) is 1. The van der Waals surface area contributed by atoms with Crippen LogP contribution in [0.2, 0.25) is 5.02 Å². The molecule has 5 nitrogen and oxygen atoms in total. The molecule has 1 atom stereocenters. The largest absolute Gasteiger partial charge is 0.379 e. The van der Waals surface area contributed by atoms with Crippen LogP contribution in [-0.2, 0) is 11.3 Å². The number of nitrogens with zero attached hydrogens (tertiary/aromatic N) is 2. The van der Waals surface area contributed by atoms with Gasteiger partial charge in [0.2, 0.25) is 0 Å². The van der Waals surface area contributed by atoms with Crippen molar-refractivity contribution in [3.05, 3.63) is 21.6 Å². The summed E-state index contributed by atoms with van der Waals surface area (Å²) in [5.74, 6) is 0.592. The van der Waals surface area contributed by atoms with Gasteiger partial charge in [0.15, 0.2) is 0 Å². The van der Waals surface area contributed by atoms with Crippen molar-refractivity contribution in [2.75, 3.05) is 18.5 Å². The van der Waals surface area contributed by atoms with Gasteiger partial charge in [-0.2, -0.15) is 5.10 Å². The molecule has 1 aliphatic carbocycles. The van der Waals surface area contributed by atoms with Crippen LogP contribution in [0.1, 0.15) is 25.7 Å². The maximum absolute atomic E-state index is 12.4. The van der Waals surface area contributed by atoms with Crippen molar-refractivity contribution >= 4 is 17.3 Å². The molecule has 2 heterocycles. The van der Waals surface area contributed by atoms with E-state index in [1.807, 2.05) is 0 Å². The first kappa shape index (κ1) is 12.9. The average Bonchev–Trinajstić information content (AvgIpc) is 2.84. The maximum Gasteiger partial charge on any atom is 0.291 e. The summed E-state index contributed by atoms with van der Waals surface area (Å²) < 4.78 is 6.84. The monoisotopic (exact) mass is 283 g/mol. The van der Waals surface area contributed by atoms with Gasteiger partial charge in [0.25, 0.3) is 5.56 Å². The summed E-state index contributed by atoms with van der Waals surface area (Å²) in [6.45, 7) is 2.06. The molecule has 2 fully saturated rings. The Morgan fingerprint density at radius 1 is 1.47 bits per heavy atom. The number of aromatic nitrogens is 2. The molecule has 1 saturated carbocycles. The predicted molar refractivity (Wildman–Crippen MR) is 73.7 cm³/mol. The Morgan fingerprint density at radius 2 is 2.32 bits per heavy atom. The van der Waals surface area contributed by atoms with Gasteiger partial charge in [-0.25, -0.2) is 4.68 Å². The van der Waals surface area contributed by atoms with Crippen molar-refractivity contribution in [1.82, 2.24) is 9.78 Å². The van der Waals surface area contributed by atoms with Gasteiger partial charge in [0.1, 0.15) is 5.69 Å².